The van der Waals surface area contributed by atoms with Crippen LogP contribution in [0.4, 0.5) is 11.4 Å². The van der Waals surface area contributed by atoms with E-state index in [1.165, 1.54) is 6.08 Å². The van der Waals surface area contributed by atoms with Crippen LogP contribution in [0.25, 0.3) is 22.2 Å². The molecule has 1 amide bonds. The van der Waals surface area contributed by atoms with Crippen LogP contribution >= 0.6 is 0 Å². The highest BCUT2D eigenvalue weighted by atomic mass is 16.5. The number of amides is 1. The van der Waals surface area contributed by atoms with Gasteiger partial charge in [-0.15, -0.1) is 0 Å². The number of rotatable bonds is 7. The molecule has 1 fully saturated rings. The molecule has 1 saturated heterocycles. The second-order valence-electron chi connectivity index (χ2n) is 8.91. The summed E-state index contributed by atoms with van der Waals surface area (Å²) in [6.45, 7) is 7.05. The molecule has 7 nitrogen and oxygen atoms in total. The lowest BCUT2D eigenvalue weighted by molar-refractivity contribution is -0.111. The van der Waals surface area contributed by atoms with Gasteiger partial charge in [-0.25, -0.2) is 4.98 Å². The number of aryl methyl sites for hydroxylation is 1. The van der Waals surface area contributed by atoms with Crippen molar-refractivity contribution >= 4 is 28.2 Å². The molecule has 7 heteroatoms. The maximum Gasteiger partial charge on any atom is 0.317 e. The largest absolute Gasteiger partial charge is 0.459 e. The van der Waals surface area contributed by atoms with Crippen LogP contribution in [0.15, 0.2) is 73.6 Å². The summed E-state index contributed by atoms with van der Waals surface area (Å²) in [5.74, 6) is -0.234. The van der Waals surface area contributed by atoms with E-state index in [4.69, 9.17) is 4.74 Å². The smallest absolute Gasteiger partial charge is 0.317 e. The van der Waals surface area contributed by atoms with Gasteiger partial charge in [-0.3, -0.25) is 4.79 Å². The number of carbonyl (C=O) groups is 1. The molecule has 0 spiro atoms. The van der Waals surface area contributed by atoms with E-state index in [2.05, 4.69) is 56.6 Å². The molecule has 0 aliphatic carbocycles. The van der Waals surface area contributed by atoms with E-state index in [0.29, 0.717) is 12.1 Å². The Kier molecular flexibility index (Phi) is 6.23. The van der Waals surface area contributed by atoms with Crippen molar-refractivity contribution in [2.45, 2.75) is 32.4 Å². The maximum absolute atomic E-state index is 12.1. The fourth-order valence-electron chi connectivity index (χ4n) is 4.75. The van der Waals surface area contributed by atoms with Crippen molar-refractivity contribution in [3.63, 3.8) is 0 Å². The third kappa shape index (κ3) is 4.62. The Morgan fingerprint density at radius 2 is 2.11 bits per heavy atom. The summed E-state index contributed by atoms with van der Waals surface area (Å²) in [4.78, 5) is 23.4. The minimum atomic E-state index is -0.234. The Labute approximate surface area is 205 Å². The highest BCUT2D eigenvalue weighted by Crippen LogP contribution is 2.33. The van der Waals surface area contributed by atoms with E-state index in [9.17, 15) is 4.79 Å². The van der Waals surface area contributed by atoms with Crippen molar-refractivity contribution in [3.05, 3.63) is 79.1 Å². The third-order valence-corrected chi connectivity index (χ3v) is 6.54. The molecule has 2 aromatic heterocycles. The maximum atomic E-state index is 12.1. The average Bonchev–Trinajstić information content (AvgIpc) is 3.46. The van der Waals surface area contributed by atoms with Crippen molar-refractivity contribution in [2.24, 2.45) is 7.05 Å². The zero-order valence-corrected chi connectivity index (χ0v) is 20.1. The standard InChI is InChI=1S/C28H29N5O2/c1-4-27(34)30-24-16-20(11-12-26(24)33-15-7-8-19(33)2)18-35-28-29-14-13-23(31-28)22-17-32(3)25-10-6-5-9-21(22)25/h4-6,9-14,16-17,19H,1,7-8,15,18H2,2-3H3,(H,30,34). The molecule has 178 valence electrons. The lowest BCUT2D eigenvalue weighted by Crippen LogP contribution is -2.27. The van der Waals surface area contributed by atoms with Crippen molar-refractivity contribution in [1.82, 2.24) is 14.5 Å². The van der Waals surface area contributed by atoms with Gasteiger partial charge in [-0.05, 0) is 55.7 Å². The van der Waals surface area contributed by atoms with Crippen molar-refractivity contribution < 1.29 is 9.53 Å². The number of para-hydroxylation sites is 1. The van der Waals surface area contributed by atoms with Gasteiger partial charge in [-0.2, -0.15) is 4.98 Å². The van der Waals surface area contributed by atoms with Gasteiger partial charge in [0, 0.05) is 48.5 Å². The van der Waals surface area contributed by atoms with Gasteiger partial charge in [-0.1, -0.05) is 30.8 Å². The molecule has 3 heterocycles. The fourth-order valence-corrected chi connectivity index (χ4v) is 4.75. The molecule has 0 saturated carbocycles. The molecule has 1 atom stereocenters. The first-order valence-corrected chi connectivity index (χ1v) is 11.9. The monoisotopic (exact) mass is 467 g/mol. The molecule has 5 rings (SSSR count). The average molecular weight is 468 g/mol. The minimum Gasteiger partial charge on any atom is -0.459 e. The Morgan fingerprint density at radius 3 is 2.91 bits per heavy atom. The minimum absolute atomic E-state index is 0.234. The summed E-state index contributed by atoms with van der Waals surface area (Å²) in [6, 6.07) is 16.9. The van der Waals surface area contributed by atoms with Crippen molar-refractivity contribution in [1.29, 1.82) is 0 Å². The molecule has 0 bridgehead atoms. The van der Waals surface area contributed by atoms with Crippen LogP contribution < -0.4 is 15.0 Å². The number of nitrogens with one attached hydrogen (secondary N) is 1. The normalized spacial score (nSPS) is 15.4. The first-order valence-electron chi connectivity index (χ1n) is 11.9. The summed E-state index contributed by atoms with van der Waals surface area (Å²) in [5.41, 5.74) is 5.68. The van der Waals surface area contributed by atoms with Crippen molar-refractivity contribution in [2.75, 3.05) is 16.8 Å². The first-order chi connectivity index (χ1) is 17.0. The van der Waals surface area contributed by atoms with Crippen LogP contribution in [-0.2, 0) is 18.4 Å². The number of hydrogen-bond donors (Lipinski definition) is 1. The summed E-state index contributed by atoms with van der Waals surface area (Å²) in [6.07, 6.45) is 7.36. The molecular weight excluding hydrogens is 438 g/mol. The number of carbonyl (C=O) groups excluding carboxylic acids is 1. The summed E-state index contributed by atoms with van der Waals surface area (Å²) in [5, 5.41) is 4.09. The van der Waals surface area contributed by atoms with Gasteiger partial charge in [0.1, 0.15) is 6.61 Å². The Hall–Kier alpha value is -4.13. The highest BCUT2D eigenvalue weighted by molar-refractivity contribution is 6.01. The van der Waals surface area contributed by atoms with Crippen molar-refractivity contribution in [3.8, 4) is 17.3 Å². The van der Waals surface area contributed by atoms with Gasteiger partial charge in [0.05, 0.1) is 17.1 Å². The van der Waals surface area contributed by atoms with E-state index in [0.717, 1.165) is 58.5 Å². The number of anilines is 2. The number of nitrogens with zero attached hydrogens (tertiary/aromatic N) is 4. The zero-order valence-electron chi connectivity index (χ0n) is 20.1. The second-order valence-corrected chi connectivity index (χ2v) is 8.91. The molecule has 1 unspecified atom stereocenters. The van der Waals surface area contributed by atoms with Crippen LogP contribution in [0, 0.1) is 0 Å². The summed E-state index contributed by atoms with van der Waals surface area (Å²) in [7, 11) is 2.03. The molecule has 0 radical (unpaired) electrons. The Bertz CT molecular complexity index is 1390. The summed E-state index contributed by atoms with van der Waals surface area (Å²) >= 11 is 0. The SMILES string of the molecule is C=CC(=O)Nc1cc(COc2nccc(-c3cn(C)c4ccccc34)n2)ccc1N1CCCC1C. The van der Waals surface area contributed by atoms with E-state index < -0.39 is 0 Å². The van der Waals surface area contributed by atoms with E-state index in [1.54, 1.807) is 6.20 Å². The first kappa shape index (κ1) is 22.7. The molecule has 2 aromatic carbocycles. The van der Waals surface area contributed by atoms with Crippen LogP contribution in [0.3, 0.4) is 0 Å². The molecule has 4 aromatic rings. The van der Waals surface area contributed by atoms with E-state index in [-0.39, 0.29) is 12.5 Å². The third-order valence-electron chi connectivity index (χ3n) is 6.54. The second kappa shape index (κ2) is 9.62. The van der Waals surface area contributed by atoms with Gasteiger partial charge in [0.25, 0.3) is 0 Å². The number of aromatic nitrogens is 3. The Morgan fingerprint density at radius 1 is 1.26 bits per heavy atom. The van der Waals surface area contributed by atoms with Gasteiger partial charge >= 0.3 is 6.01 Å². The number of benzene rings is 2. The van der Waals surface area contributed by atoms with Crippen LogP contribution in [0.5, 0.6) is 6.01 Å². The number of fused-ring (bicyclic) bond motifs is 1. The fraction of sp³-hybridized carbons (Fsp3) is 0.250. The van der Waals surface area contributed by atoms with Gasteiger partial charge in [0.15, 0.2) is 0 Å². The molecule has 1 aliphatic heterocycles. The predicted molar refractivity (Wildman–Crippen MR) is 140 cm³/mol. The predicted octanol–water partition coefficient (Wildman–Crippen LogP) is 5.33. The molecule has 1 aliphatic rings. The number of ether oxygens (including phenoxy) is 1. The molecule has 1 N–H and O–H groups in total. The van der Waals surface area contributed by atoms with E-state index >= 15 is 0 Å². The molecular formula is C28H29N5O2. The highest BCUT2D eigenvalue weighted by Gasteiger charge is 2.23. The topological polar surface area (TPSA) is 72.3 Å². The number of hydrogen-bond acceptors (Lipinski definition) is 5. The van der Waals surface area contributed by atoms with Crippen LogP contribution in [-0.4, -0.2) is 33.0 Å². The van der Waals surface area contributed by atoms with Gasteiger partial charge < -0.3 is 19.5 Å². The quantitative estimate of drug-likeness (QED) is 0.372. The lowest BCUT2D eigenvalue weighted by Gasteiger charge is -2.27. The van der Waals surface area contributed by atoms with Gasteiger partial charge in [0.2, 0.25) is 5.91 Å². The van der Waals surface area contributed by atoms with Crippen LogP contribution in [0.2, 0.25) is 0 Å². The molecule has 35 heavy (non-hydrogen) atoms. The van der Waals surface area contributed by atoms with Crippen LogP contribution in [0.1, 0.15) is 25.3 Å². The Balaban J connectivity index is 1.38. The zero-order chi connectivity index (χ0) is 24.4. The summed E-state index contributed by atoms with van der Waals surface area (Å²) < 4.78 is 8.06. The lowest BCUT2D eigenvalue weighted by atomic mass is 10.1. The van der Waals surface area contributed by atoms with E-state index in [1.807, 2.05) is 43.4 Å².